The van der Waals surface area contributed by atoms with Crippen LogP contribution in [0, 0.1) is 0 Å². The Hall–Kier alpha value is 0.350. The van der Waals surface area contributed by atoms with Gasteiger partial charge in [-0.15, -0.1) is 0 Å². The van der Waals surface area contributed by atoms with E-state index in [4.69, 9.17) is 0 Å². The van der Waals surface area contributed by atoms with E-state index in [2.05, 4.69) is 33.4 Å². The summed E-state index contributed by atoms with van der Waals surface area (Å²) in [5.74, 6) is 0. The van der Waals surface area contributed by atoms with Crippen LogP contribution in [-0.2, 0) is 0 Å². The van der Waals surface area contributed by atoms with E-state index in [-0.39, 0.29) is 4.75 Å². The van der Waals surface area contributed by atoms with Gasteiger partial charge < -0.3 is 0 Å². The Kier molecular flexibility index (Phi) is 13.6. The van der Waals surface area contributed by atoms with Crippen LogP contribution in [0.5, 0.6) is 0 Å². The van der Waals surface area contributed by atoms with Crippen LogP contribution in [0.4, 0.5) is 0 Å². The van der Waals surface area contributed by atoms with Crippen molar-refractivity contribution in [3.63, 3.8) is 0 Å². The third-order valence-corrected chi connectivity index (χ3v) is 4.12. The zero-order chi connectivity index (χ0) is 14.4. The molecular weight excluding hydrogens is 248 g/mol. The average Bonchev–Trinajstić information content (AvgIpc) is 2.34. The fraction of sp³-hybridized carbons (Fsp3) is 1.00. The molecule has 0 rings (SSSR count). The van der Waals surface area contributed by atoms with Crippen molar-refractivity contribution in [2.45, 2.75) is 115 Å². The summed E-state index contributed by atoms with van der Waals surface area (Å²) in [6, 6.07) is 0. The van der Waals surface area contributed by atoms with Gasteiger partial charge in [-0.2, -0.15) is 12.6 Å². The Morgan fingerprint density at radius 2 is 0.895 bits per heavy atom. The molecule has 0 aromatic rings. The second-order valence-corrected chi connectivity index (χ2v) is 8.02. The molecule has 0 bridgehead atoms. The summed E-state index contributed by atoms with van der Waals surface area (Å²) in [6.07, 6.45) is 19.9. The van der Waals surface area contributed by atoms with Gasteiger partial charge in [0.25, 0.3) is 0 Å². The highest BCUT2D eigenvalue weighted by Crippen LogP contribution is 2.21. The van der Waals surface area contributed by atoms with E-state index in [9.17, 15) is 0 Å². The van der Waals surface area contributed by atoms with Gasteiger partial charge in [-0.05, 0) is 6.42 Å². The largest absolute Gasteiger partial charge is 0.173 e. The van der Waals surface area contributed by atoms with Crippen LogP contribution < -0.4 is 0 Å². The third kappa shape index (κ3) is 18.4. The van der Waals surface area contributed by atoms with Gasteiger partial charge in [0.1, 0.15) is 0 Å². The molecule has 0 saturated carbocycles. The first kappa shape index (κ1) is 19.4. The molecule has 0 amide bonds. The molecule has 0 nitrogen and oxygen atoms in total. The molecule has 0 N–H and O–H groups in total. The lowest BCUT2D eigenvalue weighted by Crippen LogP contribution is -2.09. The number of rotatable bonds is 14. The summed E-state index contributed by atoms with van der Waals surface area (Å²) in [5.41, 5.74) is 0. The lowest BCUT2D eigenvalue weighted by Gasteiger charge is -2.16. The summed E-state index contributed by atoms with van der Waals surface area (Å²) in [4.78, 5) is 0. The number of thiol groups is 1. The maximum absolute atomic E-state index is 4.57. The summed E-state index contributed by atoms with van der Waals surface area (Å²) in [6.45, 7) is 6.73. The summed E-state index contributed by atoms with van der Waals surface area (Å²) in [5, 5.41) is 0. The van der Waals surface area contributed by atoms with Gasteiger partial charge >= 0.3 is 0 Å². The molecule has 0 aromatic heterocycles. The highest BCUT2D eigenvalue weighted by Gasteiger charge is 2.09. The molecule has 0 aliphatic heterocycles. The average molecular weight is 287 g/mol. The van der Waals surface area contributed by atoms with E-state index < -0.39 is 0 Å². The van der Waals surface area contributed by atoms with Crippen molar-refractivity contribution in [2.75, 3.05) is 0 Å². The van der Waals surface area contributed by atoms with Crippen molar-refractivity contribution in [3.05, 3.63) is 0 Å². The predicted octanol–water partition coefficient (Wildman–Crippen LogP) is 7.18. The standard InChI is InChI=1S/C18H38S/c1-4-5-6-7-8-9-10-11-12-13-14-15-16-17-18(2,3)19/h19H,4-17H2,1-3H3. The maximum Gasteiger partial charge on any atom is 0.00731 e. The second kappa shape index (κ2) is 13.3. The second-order valence-electron chi connectivity index (χ2n) is 6.81. The fourth-order valence-electron chi connectivity index (χ4n) is 2.58. The molecule has 0 fully saturated rings. The quantitative estimate of drug-likeness (QED) is 0.254. The van der Waals surface area contributed by atoms with E-state index in [1.165, 1.54) is 89.9 Å². The lowest BCUT2D eigenvalue weighted by molar-refractivity contribution is 0.521. The molecule has 0 aliphatic rings. The van der Waals surface area contributed by atoms with Crippen LogP contribution in [-0.4, -0.2) is 4.75 Å². The lowest BCUT2D eigenvalue weighted by atomic mass is 10.0. The van der Waals surface area contributed by atoms with E-state index in [0.29, 0.717) is 0 Å². The first-order valence-electron chi connectivity index (χ1n) is 8.78. The van der Waals surface area contributed by atoms with Gasteiger partial charge in [0.15, 0.2) is 0 Å². The minimum atomic E-state index is 0.234. The normalized spacial score (nSPS) is 12.0. The van der Waals surface area contributed by atoms with Gasteiger partial charge in [-0.25, -0.2) is 0 Å². The van der Waals surface area contributed by atoms with Crippen molar-refractivity contribution in [2.24, 2.45) is 0 Å². The Balaban J connectivity index is 2.99. The Morgan fingerprint density at radius 3 is 1.21 bits per heavy atom. The van der Waals surface area contributed by atoms with Gasteiger partial charge in [0.2, 0.25) is 0 Å². The highest BCUT2D eigenvalue weighted by atomic mass is 32.1. The topological polar surface area (TPSA) is 0 Å². The molecule has 0 heterocycles. The molecule has 19 heavy (non-hydrogen) atoms. The third-order valence-electron chi connectivity index (χ3n) is 3.89. The zero-order valence-corrected chi connectivity index (χ0v) is 14.7. The van der Waals surface area contributed by atoms with Crippen LogP contribution in [0.3, 0.4) is 0 Å². The van der Waals surface area contributed by atoms with Crippen LogP contribution >= 0.6 is 12.6 Å². The number of unbranched alkanes of at least 4 members (excludes halogenated alkanes) is 12. The number of hydrogen-bond acceptors (Lipinski definition) is 1. The minimum Gasteiger partial charge on any atom is -0.173 e. The Bertz CT molecular complexity index is 169. The summed E-state index contributed by atoms with van der Waals surface area (Å²) in [7, 11) is 0. The van der Waals surface area contributed by atoms with Crippen molar-refractivity contribution >= 4 is 12.6 Å². The molecule has 0 saturated heterocycles. The Labute approximate surface area is 128 Å². The monoisotopic (exact) mass is 286 g/mol. The minimum absolute atomic E-state index is 0.234. The van der Waals surface area contributed by atoms with Crippen LogP contribution in [0.1, 0.15) is 111 Å². The molecule has 0 aliphatic carbocycles. The molecule has 0 spiro atoms. The molecule has 0 atom stereocenters. The van der Waals surface area contributed by atoms with Crippen molar-refractivity contribution in [1.29, 1.82) is 0 Å². The van der Waals surface area contributed by atoms with Crippen LogP contribution in [0.25, 0.3) is 0 Å². The molecular formula is C18H38S. The summed E-state index contributed by atoms with van der Waals surface area (Å²) >= 11 is 4.57. The van der Waals surface area contributed by atoms with E-state index >= 15 is 0 Å². The van der Waals surface area contributed by atoms with Crippen LogP contribution in [0.15, 0.2) is 0 Å². The highest BCUT2D eigenvalue weighted by molar-refractivity contribution is 7.81. The van der Waals surface area contributed by atoms with Crippen LogP contribution in [0.2, 0.25) is 0 Å². The maximum atomic E-state index is 4.57. The van der Waals surface area contributed by atoms with E-state index in [1.807, 2.05) is 0 Å². The van der Waals surface area contributed by atoms with Crippen molar-refractivity contribution in [3.8, 4) is 0 Å². The first-order chi connectivity index (χ1) is 9.06. The van der Waals surface area contributed by atoms with Crippen molar-refractivity contribution in [1.82, 2.24) is 0 Å². The summed E-state index contributed by atoms with van der Waals surface area (Å²) < 4.78 is 0.234. The number of hydrogen-bond donors (Lipinski definition) is 1. The molecule has 1 heteroatoms. The fourth-order valence-corrected chi connectivity index (χ4v) is 2.73. The van der Waals surface area contributed by atoms with Gasteiger partial charge in [-0.1, -0.05) is 104 Å². The van der Waals surface area contributed by atoms with E-state index in [1.54, 1.807) is 0 Å². The molecule has 0 unspecified atom stereocenters. The van der Waals surface area contributed by atoms with Gasteiger partial charge in [0.05, 0.1) is 0 Å². The SMILES string of the molecule is CCCCCCCCCCCCCCCC(C)(C)S. The molecule has 0 radical (unpaired) electrons. The predicted molar refractivity (Wildman–Crippen MR) is 93.4 cm³/mol. The first-order valence-corrected chi connectivity index (χ1v) is 9.23. The van der Waals surface area contributed by atoms with E-state index in [0.717, 1.165) is 0 Å². The molecule has 116 valence electrons. The molecule has 0 aromatic carbocycles. The van der Waals surface area contributed by atoms with Gasteiger partial charge in [0, 0.05) is 4.75 Å². The van der Waals surface area contributed by atoms with Gasteiger partial charge in [-0.3, -0.25) is 0 Å². The van der Waals surface area contributed by atoms with Crippen molar-refractivity contribution < 1.29 is 0 Å². The zero-order valence-electron chi connectivity index (χ0n) is 13.8. The Morgan fingerprint density at radius 1 is 0.579 bits per heavy atom. The smallest absolute Gasteiger partial charge is 0.00731 e.